The first kappa shape index (κ1) is 23.3. The maximum absolute atomic E-state index is 14.6. The summed E-state index contributed by atoms with van der Waals surface area (Å²) in [5, 5.41) is 11.4. The quantitative estimate of drug-likeness (QED) is 0.523. The number of rotatable bonds is 7. The fraction of sp³-hybridized carbons (Fsp3) is 0.318. The molecule has 8 nitrogen and oxygen atoms in total. The van der Waals surface area contributed by atoms with E-state index in [4.69, 9.17) is 11.6 Å². The second-order valence-corrected chi connectivity index (χ2v) is 9.95. The van der Waals surface area contributed by atoms with E-state index < -0.39 is 21.7 Å². The Hall–Kier alpha value is -2.82. The summed E-state index contributed by atoms with van der Waals surface area (Å²) in [6.07, 6.45) is 3.78. The average molecular weight is 492 g/mol. The molecule has 11 heteroatoms. The van der Waals surface area contributed by atoms with Gasteiger partial charge in [0.25, 0.3) is 0 Å². The molecule has 2 heterocycles. The summed E-state index contributed by atoms with van der Waals surface area (Å²) in [6.45, 7) is 0.618. The predicted octanol–water partition coefficient (Wildman–Crippen LogP) is 3.77. The van der Waals surface area contributed by atoms with E-state index in [2.05, 4.69) is 20.2 Å². The van der Waals surface area contributed by atoms with E-state index in [1.807, 2.05) is 4.57 Å². The number of nitrogens with zero attached hydrogens (tertiary/aromatic N) is 3. The van der Waals surface area contributed by atoms with Gasteiger partial charge in [0.15, 0.2) is 5.82 Å². The molecule has 4 rings (SSSR count). The second kappa shape index (κ2) is 9.98. The van der Waals surface area contributed by atoms with Gasteiger partial charge in [-0.05, 0) is 49.2 Å². The number of hydrogen-bond acceptors (Lipinski definition) is 5. The number of fused-ring (bicyclic) bond motifs is 1. The largest absolute Gasteiger partial charge is 0.326 e. The molecule has 3 aromatic rings. The lowest BCUT2D eigenvalue weighted by Gasteiger charge is -2.11. The molecule has 0 spiro atoms. The third-order valence-corrected chi connectivity index (χ3v) is 7.04. The SMILES string of the molecule is O=C(CCNS(=O)(=O)c1cccc(Cl)c1)Nc1ccc(F)c(-c2nnc3n2CCCCC3)c1. The molecule has 1 amide bonds. The summed E-state index contributed by atoms with van der Waals surface area (Å²) < 4.78 is 43.5. The molecule has 174 valence electrons. The molecule has 1 aliphatic heterocycles. The van der Waals surface area contributed by atoms with Gasteiger partial charge in [-0.25, -0.2) is 17.5 Å². The number of amides is 1. The first-order valence-corrected chi connectivity index (χ1v) is 12.5. The van der Waals surface area contributed by atoms with Gasteiger partial charge in [-0.1, -0.05) is 24.1 Å². The lowest BCUT2D eigenvalue weighted by atomic mass is 10.1. The van der Waals surface area contributed by atoms with E-state index >= 15 is 0 Å². The van der Waals surface area contributed by atoms with Gasteiger partial charge in [0, 0.05) is 36.6 Å². The number of carbonyl (C=O) groups is 1. The van der Waals surface area contributed by atoms with Crippen LogP contribution >= 0.6 is 11.6 Å². The number of hydrogen-bond donors (Lipinski definition) is 2. The fourth-order valence-corrected chi connectivity index (χ4v) is 5.03. The van der Waals surface area contributed by atoms with Crippen LogP contribution in [0, 0.1) is 5.82 Å². The molecule has 0 atom stereocenters. The minimum atomic E-state index is -3.79. The van der Waals surface area contributed by atoms with Crippen molar-refractivity contribution in [3.05, 3.63) is 59.1 Å². The number of anilines is 1. The highest BCUT2D eigenvalue weighted by atomic mass is 35.5. The predicted molar refractivity (Wildman–Crippen MR) is 123 cm³/mol. The van der Waals surface area contributed by atoms with Crippen LogP contribution in [-0.2, 0) is 27.8 Å². The summed E-state index contributed by atoms with van der Waals surface area (Å²) in [7, 11) is -3.79. The van der Waals surface area contributed by atoms with Crippen LogP contribution in [0.4, 0.5) is 10.1 Å². The van der Waals surface area contributed by atoms with Crippen molar-refractivity contribution in [2.45, 2.75) is 43.5 Å². The van der Waals surface area contributed by atoms with Crippen LogP contribution in [0.1, 0.15) is 31.5 Å². The van der Waals surface area contributed by atoms with Crippen LogP contribution in [-0.4, -0.2) is 35.6 Å². The van der Waals surface area contributed by atoms with Gasteiger partial charge in [-0.3, -0.25) is 4.79 Å². The van der Waals surface area contributed by atoms with Crippen LogP contribution in [0.15, 0.2) is 47.4 Å². The Kier molecular flexibility index (Phi) is 7.06. The van der Waals surface area contributed by atoms with Crippen molar-refractivity contribution in [3.8, 4) is 11.4 Å². The van der Waals surface area contributed by atoms with Crippen molar-refractivity contribution in [2.75, 3.05) is 11.9 Å². The highest BCUT2D eigenvalue weighted by Gasteiger charge is 2.19. The molecule has 0 unspecified atom stereocenters. The number of halogens is 2. The number of sulfonamides is 1. The van der Waals surface area contributed by atoms with Crippen molar-refractivity contribution in [1.29, 1.82) is 0 Å². The van der Waals surface area contributed by atoms with E-state index in [1.165, 1.54) is 36.4 Å². The van der Waals surface area contributed by atoms with E-state index in [1.54, 1.807) is 6.07 Å². The van der Waals surface area contributed by atoms with E-state index in [0.29, 0.717) is 16.5 Å². The summed E-state index contributed by atoms with van der Waals surface area (Å²) in [4.78, 5) is 12.4. The van der Waals surface area contributed by atoms with Gasteiger partial charge in [0.05, 0.1) is 10.5 Å². The molecular weight excluding hydrogens is 469 g/mol. The Morgan fingerprint density at radius 2 is 1.97 bits per heavy atom. The van der Waals surface area contributed by atoms with Crippen LogP contribution < -0.4 is 10.0 Å². The molecule has 0 saturated heterocycles. The van der Waals surface area contributed by atoms with Crippen LogP contribution in [0.25, 0.3) is 11.4 Å². The van der Waals surface area contributed by atoms with Gasteiger partial charge < -0.3 is 9.88 Å². The standard InChI is InChI=1S/C22H23ClFN5O3S/c23-15-5-4-6-17(13-15)33(31,32)25-11-10-21(30)26-16-8-9-19(24)18(14-16)22-28-27-20-7-2-1-3-12-29(20)22/h4-6,8-9,13-14,25H,1-3,7,10-12H2,(H,26,30). The molecular formula is C22H23ClFN5O3S. The van der Waals surface area contributed by atoms with Gasteiger partial charge in [-0.2, -0.15) is 0 Å². The van der Waals surface area contributed by atoms with E-state index in [9.17, 15) is 17.6 Å². The van der Waals surface area contributed by atoms with Crippen LogP contribution in [0.2, 0.25) is 5.02 Å². The van der Waals surface area contributed by atoms with Gasteiger partial charge in [-0.15, -0.1) is 10.2 Å². The Bertz CT molecular complexity index is 1280. The molecule has 33 heavy (non-hydrogen) atoms. The summed E-state index contributed by atoms with van der Waals surface area (Å²) in [5.74, 6) is 0.404. The molecule has 0 fully saturated rings. The topological polar surface area (TPSA) is 106 Å². The van der Waals surface area contributed by atoms with Crippen molar-refractivity contribution >= 4 is 33.2 Å². The number of nitrogens with one attached hydrogen (secondary N) is 2. The molecule has 1 aromatic heterocycles. The molecule has 2 N–H and O–H groups in total. The first-order valence-electron chi connectivity index (χ1n) is 10.6. The Morgan fingerprint density at radius 3 is 2.79 bits per heavy atom. The molecule has 0 radical (unpaired) electrons. The third-order valence-electron chi connectivity index (χ3n) is 5.35. The second-order valence-electron chi connectivity index (χ2n) is 7.75. The number of aromatic nitrogens is 3. The van der Waals surface area contributed by atoms with Crippen molar-refractivity contribution in [2.24, 2.45) is 0 Å². The highest BCUT2D eigenvalue weighted by Crippen LogP contribution is 2.27. The van der Waals surface area contributed by atoms with Gasteiger partial charge in [0.2, 0.25) is 15.9 Å². The lowest BCUT2D eigenvalue weighted by Crippen LogP contribution is -2.27. The third kappa shape index (κ3) is 5.58. The zero-order valence-corrected chi connectivity index (χ0v) is 19.3. The van der Waals surface area contributed by atoms with Crippen LogP contribution in [0.3, 0.4) is 0 Å². The van der Waals surface area contributed by atoms with Crippen molar-refractivity contribution < 1.29 is 17.6 Å². The van der Waals surface area contributed by atoms with Gasteiger partial charge >= 0.3 is 0 Å². The normalized spacial score (nSPS) is 13.9. The number of benzene rings is 2. The zero-order valence-electron chi connectivity index (χ0n) is 17.7. The van der Waals surface area contributed by atoms with E-state index in [0.717, 1.165) is 38.1 Å². The summed E-state index contributed by atoms with van der Waals surface area (Å²) >= 11 is 5.84. The molecule has 1 aliphatic rings. The molecule has 0 saturated carbocycles. The van der Waals surface area contributed by atoms with Crippen molar-refractivity contribution in [1.82, 2.24) is 19.5 Å². The minimum Gasteiger partial charge on any atom is -0.326 e. The first-order chi connectivity index (χ1) is 15.8. The number of carbonyl (C=O) groups excluding carboxylic acids is 1. The average Bonchev–Trinajstić information content (AvgIpc) is 3.02. The maximum atomic E-state index is 14.6. The Morgan fingerprint density at radius 1 is 1.12 bits per heavy atom. The smallest absolute Gasteiger partial charge is 0.240 e. The maximum Gasteiger partial charge on any atom is 0.240 e. The molecule has 0 aliphatic carbocycles. The Balaban J connectivity index is 1.41. The summed E-state index contributed by atoms with van der Waals surface area (Å²) in [5.41, 5.74) is 0.648. The minimum absolute atomic E-state index is 0.0195. The summed E-state index contributed by atoms with van der Waals surface area (Å²) in [6, 6.07) is 10.1. The monoisotopic (exact) mass is 491 g/mol. The van der Waals surface area contributed by atoms with Crippen LogP contribution in [0.5, 0.6) is 0 Å². The molecule has 0 bridgehead atoms. The van der Waals surface area contributed by atoms with E-state index in [-0.39, 0.29) is 23.4 Å². The molecule has 2 aromatic carbocycles. The van der Waals surface area contributed by atoms with Gasteiger partial charge in [0.1, 0.15) is 11.6 Å². The highest BCUT2D eigenvalue weighted by molar-refractivity contribution is 7.89. The number of aryl methyl sites for hydroxylation is 1. The Labute approximate surface area is 196 Å². The van der Waals surface area contributed by atoms with Crippen molar-refractivity contribution in [3.63, 3.8) is 0 Å². The fourth-order valence-electron chi connectivity index (χ4n) is 3.70. The lowest BCUT2D eigenvalue weighted by molar-refractivity contribution is -0.116. The zero-order chi connectivity index (χ0) is 23.4.